The Morgan fingerprint density at radius 2 is 0.520 bits per heavy atom. The quantitative estimate of drug-likeness (QED) is 0.0558. The third-order valence-corrected chi connectivity index (χ3v) is 13.6. The van der Waals surface area contributed by atoms with Crippen molar-refractivity contribution in [1.82, 2.24) is 0 Å². The van der Waals surface area contributed by atoms with Crippen LogP contribution in [0.25, 0.3) is 0 Å². The molecule has 0 aromatic heterocycles. The van der Waals surface area contributed by atoms with Crippen molar-refractivity contribution < 1.29 is 0 Å². The van der Waals surface area contributed by atoms with Gasteiger partial charge in [-0.25, -0.2) is 0 Å². The molecular formula is C50H101. The molecule has 0 unspecified atom stereocenters. The Morgan fingerprint density at radius 1 is 0.260 bits per heavy atom. The summed E-state index contributed by atoms with van der Waals surface area (Å²) in [4.78, 5) is 0. The minimum atomic E-state index is 0.420. The molecule has 0 rings (SSSR count). The minimum Gasteiger partial charge on any atom is -0.0654 e. The van der Waals surface area contributed by atoms with Gasteiger partial charge in [0, 0.05) is 0 Å². The summed E-state index contributed by atoms with van der Waals surface area (Å²) >= 11 is 0. The molecule has 50 heavy (non-hydrogen) atoms. The predicted molar refractivity (Wildman–Crippen MR) is 232 cm³/mol. The van der Waals surface area contributed by atoms with Gasteiger partial charge >= 0.3 is 0 Å². The van der Waals surface area contributed by atoms with Crippen LogP contribution in [0.4, 0.5) is 0 Å². The highest BCUT2D eigenvalue weighted by Gasteiger charge is 2.61. The van der Waals surface area contributed by atoms with Gasteiger partial charge < -0.3 is 0 Å². The van der Waals surface area contributed by atoms with E-state index in [0.29, 0.717) is 16.2 Å². The monoisotopic (exact) mass is 702 g/mol. The normalized spacial score (nSPS) is 12.8. The van der Waals surface area contributed by atoms with Crippen LogP contribution in [-0.4, -0.2) is 0 Å². The fourth-order valence-electron chi connectivity index (χ4n) is 10.8. The maximum atomic E-state index is 2.47. The molecule has 0 N–H and O–H groups in total. The first kappa shape index (κ1) is 50.0. The van der Waals surface area contributed by atoms with Gasteiger partial charge in [-0.1, -0.05) is 242 Å². The van der Waals surface area contributed by atoms with Gasteiger partial charge in [0.15, 0.2) is 0 Å². The molecule has 301 valence electrons. The van der Waals surface area contributed by atoms with Gasteiger partial charge in [0.25, 0.3) is 0 Å². The van der Waals surface area contributed by atoms with Gasteiger partial charge in [0.1, 0.15) is 0 Å². The Hall–Kier alpha value is 0. The van der Waals surface area contributed by atoms with Crippen molar-refractivity contribution in [3.63, 3.8) is 0 Å². The van der Waals surface area contributed by atoms with Crippen LogP contribution in [-0.2, 0) is 0 Å². The highest BCUT2D eigenvalue weighted by molar-refractivity contribution is 5.19. The Balaban J connectivity index is 8.27. The molecule has 0 aromatic carbocycles. The molecule has 0 amide bonds. The SMILES string of the molecule is CCCCCCC(CCCCC)(CCCCC)C(CCCCC)(CCCCC)C(CCCCC)(CCCCC)[C](CCCCC)CCCCC. The third kappa shape index (κ3) is 17.9. The van der Waals surface area contributed by atoms with E-state index in [0.717, 1.165) is 0 Å². The summed E-state index contributed by atoms with van der Waals surface area (Å²) in [6.07, 6.45) is 53.3. The standard InChI is InChI=1S/C50H101/c1-10-19-28-37-42-48(40-31-22-13-4,41-32-23-14-5)50(45-35-26-17-8,46-36-27-18-9)49(43-33-24-15-6,44-34-25-16-7)47(38-29-20-11-2)39-30-21-12-3/h10-46H2,1-9H3. The molecular weight excluding hydrogens is 601 g/mol. The molecule has 0 saturated heterocycles. The average molecular weight is 702 g/mol. The second-order valence-electron chi connectivity index (χ2n) is 17.5. The summed E-state index contributed by atoms with van der Waals surface area (Å²) in [5.41, 5.74) is 1.36. The van der Waals surface area contributed by atoms with Crippen molar-refractivity contribution >= 4 is 0 Å². The van der Waals surface area contributed by atoms with Crippen LogP contribution in [0.3, 0.4) is 0 Å². The average Bonchev–Trinajstić information content (AvgIpc) is 3.12. The topological polar surface area (TPSA) is 0 Å². The molecule has 1 radical (unpaired) electrons. The first-order valence-electron chi connectivity index (χ1n) is 24.3. The molecule has 0 heterocycles. The molecule has 0 fully saturated rings. The van der Waals surface area contributed by atoms with E-state index >= 15 is 0 Å². The Kier molecular flexibility index (Phi) is 33.6. The van der Waals surface area contributed by atoms with Crippen LogP contribution in [0, 0.1) is 22.2 Å². The van der Waals surface area contributed by atoms with E-state index in [1.165, 1.54) is 238 Å². The Morgan fingerprint density at radius 3 is 0.860 bits per heavy atom. The lowest BCUT2D eigenvalue weighted by atomic mass is 9.39. The van der Waals surface area contributed by atoms with Crippen molar-refractivity contribution in [3.8, 4) is 0 Å². The van der Waals surface area contributed by atoms with Crippen molar-refractivity contribution in [3.05, 3.63) is 5.92 Å². The van der Waals surface area contributed by atoms with E-state index in [-0.39, 0.29) is 0 Å². The van der Waals surface area contributed by atoms with Crippen molar-refractivity contribution in [2.75, 3.05) is 0 Å². The molecule has 0 spiro atoms. The second-order valence-corrected chi connectivity index (χ2v) is 17.5. The number of rotatable bonds is 40. The molecule has 0 nitrogen and oxygen atoms in total. The molecule has 0 aliphatic carbocycles. The molecule has 0 saturated carbocycles. The van der Waals surface area contributed by atoms with Crippen molar-refractivity contribution in [2.45, 2.75) is 300 Å². The van der Waals surface area contributed by atoms with Crippen LogP contribution in [0.15, 0.2) is 0 Å². The molecule has 0 aromatic rings. The predicted octanol–water partition coefficient (Wildman–Crippen LogP) is 19.1. The van der Waals surface area contributed by atoms with Crippen LogP contribution < -0.4 is 0 Å². The third-order valence-electron chi connectivity index (χ3n) is 13.6. The molecule has 0 bridgehead atoms. The molecule has 0 heteroatoms. The van der Waals surface area contributed by atoms with Gasteiger partial charge in [-0.3, -0.25) is 0 Å². The zero-order valence-electron chi connectivity index (χ0n) is 37.2. The lowest BCUT2D eigenvalue weighted by Gasteiger charge is -2.65. The zero-order chi connectivity index (χ0) is 37.2. The smallest absolute Gasteiger partial charge is 0.0173 e. The van der Waals surface area contributed by atoms with E-state index in [1.54, 1.807) is 0 Å². The fourth-order valence-corrected chi connectivity index (χ4v) is 10.8. The summed E-state index contributed by atoms with van der Waals surface area (Å²) in [6.45, 7) is 22.1. The van der Waals surface area contributed by atoms with Crippen molar-refractivity contribution in [2.24, 2.45) is 16.2 Å². The summed E-state index contributed by atoms with van der Waals surface area (Å²) < 4.78 is 0. The van der Waals surface area contributed by atoms with Gasteiger partial charge in [-0.05, 0) is 80.0 Å². The zero-order valence-corrected chi connectivity index (χ0v) is 37.2. The van der Waals surface area contributed by atoms with E-state index in [1.807, 2.05) is 0 Å². The molecule has 0 aliphatic heterocycles. The van der Waals surface area contributed by atoms with Crippen LogP contribution in [0.1, 0.15) is 300 Å². The second kappa shape index (κ2) is 33.6. The molecule has 0 atom stereocenters. The largest absolute Gasteiger partial charge is 0.0654 e. The van der Waals surface area contributed by atoms with Crippen LogP contribution >= 0.6 is 0 Å². The van der Waals surface area contributed by atoms with Crippen LogP contribution in [0.5, 0.6) is 0 Å². The lowest BCUT2D eigenvalue weighted by Crippen LogP contribution is -2.57. The number of hydrogen-bond acceptors (Lipinski definition) is 0. The summed E-state index contributed by atoms with van der Waals surface area (Å²) in [5, 5.41) is 0. The first-order valence-corrected chi connectivity index (χ1v) is 24.3. The van der Waals surface area contributed by atoms with E-state index in [4.69, 9.17) is 0 Å². The maximum absolute atomic E-state index is 2.47. The molecule has 0 aliphatic rings. The van der Waals surface area contributed by atoms with Crippen LogP contribution in [0.2, 0.25) is 0 Å². The van der Waals surface area contributed by atoms with E-state index in [9.17, 15) is 0 Å². The van der Waals surface area contributed by atoms with Gasteiger partial charge in [-0.2, -0.15) is 0 Å². The summed E-state index contributed by atoms with van der Waals surface area (Å²) in [7, 11) is 0. The number of unbranched alkanes of at least 4 members (excludes halogenated alkanes) is 19. The number of hydrogen-bond donors (Lipinski definition) is 0. The highest BCUT2D eigenvalue weighted by atomic mass is 14.7. The fraction of sp³-hybridized carbons (Fsp3) is 0.980. The lowest BCUT2D eigenvalue weighted by molar-refractivity contribution is -0.131. The highest BCUT2D eigenvalue weighted by Crippen LogP contribution is 2.71. The summed E-state index contributed by atoms with van der Waals surface area (Å²) in [6, 6.07) is 0. The maximum Gasteiger partial charge on any atom is -0.0173 e. The van der Waals surface area contributed by atoms with E-state index in [2.05, 4.69) is 68.2 Å². The Labute approximate surface area is 321 Å². The minimum absolute atomic E-state index is 0.420. The first-order chi connectivity index (χ1) is 24.4. The summed E-state index contributed by atoms with van der Waals surface area (Å²) in [5.74, 6) is 2.13. The van der Waals surface area contributed by atoms with E-state index < -0.39 is 0 Å². The van der Waals surface area contributed by atoms with Gasteiger partial charge in [0.05, 0.1) is 0 Å². The van der Waals surface area contributed by atoms with Gasteiger partial charge in [-0.15, -0.1) is 0 Å². The Bertz CT molecular complexity index is 634. The van der Waals surface area contributed by atoms with Crippen molar-refractivity contribution in [1.29, 1.82) is 0 Å². The van der Waals surface area contributed by atoms with Gasteiger partial charge in [0.2, 0.25) is 0 Å².